The maximum atomic E-state index is 5.40. The van der Waals surface area contributed by atoms with Gasteiger partial charge in [-0.15, -0.1) is 0 Å². The van der Waals surface area contributed by atoms with Crippen molar-refractivity contribution in [2.24, 2.45) is 0 Å². The average Bonchev–Trinajstić information content (AvgIpc) is 3.08. The van der Waals surface area contributed by atoms with E-state index >= 15 is 0 Å². The van der Waals surface area contributed by atoms with Crippen molar-refractivity contribution in [2.45, 2.75) is 6.92 Å². The molecule has 0 radical (unpaired) electrons. The minimum atomic E-state index is 0.837. The molecule has 0 amide bonds. The molecule has 4 nitrogen and oxygen atoms in total. The van der Waals surface area contributed by atoms with E-state index in [1.807, 2.05) is 30.3 Å². The van der Waals surface area contributed by atoms with Crippen molar-refractivity contribution >= 4 is 34.1 Å². The number of hydrogen-bond acceptors (Lipinski definition) is 4. The fourth-order valence-electron chi connectivity index (χ4n) is 5.23. The van der Waals surface area contributed by atoms with Gasteiger partial charge in [0, 0.05) is 34.1 Å². The Hall–Kier alpha value is -5.48. The summed E-state index contributed by atoms with van der Waals surface area (Å²) < 4.78 is 10.8. The lowest BCUT2D eigenvalue weighted by molar-refractivity contribution is 0.414. The maximum Gasteiger partial charge on any atom is 0.119 e. The van der Waals surface area contributed by atoms with Crippen molar-refractivity contribution < 1.29 is 9.47 Å². The Morgan fingerprint density at radius 1 is 0.349 bits per heavy atom. The second-order valence-corrected chi connectivity index (χ2v) is 10.3. The molecule has 4 heteroatoms. The summed E-state index contributed by atoms with van der Waals surface area (Å²) in [7, 11) is 3.38. The van der Waals surface area contributed by atoms with E-state index in [9.17, 15) is 0 Å². The number of benzene rings is 6. The van der Waals surface area contributed by atoms with Gasteiger partial charge in [0.05, 0.1) is 14.2 Å². The third kappa shape index (κ3) is 6.09. The Kier molecular flexibility index (Phi) is 8.10. The minimum absolute atomic E-state index is 0.837. The summed E-state index contributed by atoms with van der Waals surface area (Å²) >= 11 is 0. The Balaban J connectivity index is 1.30. The summed E-state index contributed by atoms with van der Waals surface area (Å²) in [6.07, 6.45) is 0. The molecule has 0 atom stereocenters. The van der Waals surface area contributed by atoms with Crippen LogP contribution in [0.2, 0.25) is 0 Å². The molecule has 6 aromatic carbocycles. The van der Waals surface area contributed by atoms with Crippen molar-refractivity contribution in [3.05, 3.63) is 157 Å². The lowest BCUT2D eigenvalue weighted by atomic mass is 10.0. The largest absolute Gasteiger partial charge is 0.497 e. The number of ether oxygens (including phenoxy) is 2. The van der Waals surface area contributed by atoms with Crippen LogP contribution in [0.15, 0.2) is 152 Å². The Morgan fingerprint density at radius 2 is 0.651 bits per heavy atom. The number of nitrogens with zero attached hydrogens (tertiary/aromatic N) is 2. The van der Waals surface area contributed by atoms with E-state index in [0.717, 1.165) is 56.8 Å². The van der Waals surface area contributed by atoms with Crippen LogP contribution in [0, 0.1) is 6.92 Å². The van der Waals surface area contributed by atoms with Crippen molar-refractivity contribution in [2.75, 3.05) is 24.0 Å². The van der Waals surface area contributed by atoms with E-state index in [1.165, 1.54) is 5.56 Å². The van der Waals surface area contributed by atoms with Crippen LogP contribution in [0.25, 0.3) is 11.1 Å². The fourth-order valence-corrected chi connectivity index (χ4v) is 5.23. The molecule has 0 saturated heterocycles. The van der Waals surface area contributed by atoms with Gasteiger partial charge in [-0.2, -0.15) is 0 Å². The molecular formula is C39H34N2O2. The zero-order chi connectivity index (χ0) is 29.6. The van der Waals surface area contributed by atoms with E-state index in [4.69, 9.17) is 9.47 Å². The normalized spacial score (nSPS) is 10.7. The summed E-state index contributed by atoms with van der Waals surface area (Å²) in [5.74, 6) is 1.67. The lowest BCUT2D eigenvalue weighted by Crippen LogP contribution is -2.10. The van der Waals surface area contributed by atoms with Gasteiger partial charge in [0.2, 0.25) is 0 Å². The molecule has 0 heterocycles. The van der Waals surface area contributed by atoms with Crippen LogP contribution in [0.4, 0.5) is 34.1 Å². The Morgan fingerprint density at radius 3 is 1.00 bits per heavy atom. The van der Waals surface area contributed by atoms with E-state index in [2.05, 4.69) is 138 Å². The van der Waals surface area contributed by atoms with Gasteiger partial charge in [-0.1, -0.05) is 60.2 Å². The van der Waals surface area contributed by atoms with Crippen molar-refractivity contribution in [1.82, 2.24) is 0 Å². The Labute approximate surface area is 254 Å². The van der Waals surface area contributed by atoms with Gasteiger partial charge in [-0.25, -0.2) is 0 Å². The smallest absolute Gasteiger partial charge is 0.119 e. The molecule has 0 aromatic heterocycles. The molecule has 0 aliphatic carbocycles. The van der Waals surface area contributed by atoms with Crippen LogP contribution in [-0.4, -0.2) is 14.2 Å². The van der Waals surface area contributed by atoms with Crippen LogP contribution < -0.4 is 19.3 Å². The first-order chi connectivity index (χ1) is 21.1. The zero-order valence-corrected chi connectivity index (χ0v) is 24.6. The van der Waals surface area contributed by atoms with Gasteiger partial charge < -0.3 is 19.3 Å². The first kappa shape index (κ1) is 27.7. The highest BCUT2D eigenvalue weighted by Gasteiger charge is 2.15. The molecule has 0 aliphatic heterocycles. The summed E-state index contributed by atoms with van der Waals surface area (Å²) in [6.45, 7) is 2.11. The topological polar surface area (TPSA) is 24.9 Å². The van der Waals surface area contributed by atoms with E-state index < -0.39 is 0 Å². The van der Waals surface area contributed by atoms with Gasteiger partial charge in [0.1, 0.15) is 11.5 Å². The van der Waals surface area contributed by atoms with Gasteiger partial charge in [-0.05, 0) is 115 Å². The molecule has 43 heavy (non-hydrogen) atoms. The van der Waals surface area contributed by atoms with Gasteiger partial charge >= 0.3 is 0 Å². The van der Waals surface area contributed by atoms with Crippen molar-refractivity contribution in [3.8, 4) is 22.6 Å². The molecule has 0 unspecified atom stereocenters. The van der Waals surface area contributed by atoms with Crippen LogP contribution >= 0.6 is 0 Å². The highest BCUT2D eigenvalue weighted by atomic mass is 16.5. The molecule has 6 aromatic rings. The lowest BCUT2D eigenvalue weighted by Gasteiger charge is -2.26. The number of aryl methyl sites for hydroxylation is 1. The number of anilines is 6. The number of rotatable bonds is 9. The molecule has 0 spiro atoms. The number of methoxy groups -OCH3 is 2. The standard InChI is InChI=1S/C39H34N2O2/c1-29-9-15-33(16-10-29)41(37-23-27-39(43-3)28-24-37)35-19-13-31(14-20-35)30-11-17-34(18-12-30)40(32-7-5-4-6-8-32)36-21-25-38(42-2)26-22-36/h4-28H,1-3H3. The third-order valence-corrected chi connectivity index (χ3v) is 7.55. The first-order valence-corrected chi connectivity index (χ1v) is 14.3. The van der Waals surface area contributed by atoms with Crippen molar-refractivity contribution in [1.29, 1.82) is 0 Å². The minimum Gasteiger partial charge on any atom is -0.497 e. The quantitative estimate of drug-likeness (QED) is 0.175. The molecule has 6 rings (SSSR count). The zero-order valence-electron chi connectivity index (χ0n) is 24.6. The third-order valence-electron chi connectivity index (χ3n) is 7.55. The highest BCUT2D eigenvalue weighted by molar-refractivity contribution is 5.81. The monoisotopic (exact) mass is 562 g/mol. The molecule has 212 valence electrons. The summed E-state index contributed by atoms with van der Waals surface area (Å²) in [5.41, 5.74) is 10.1. The molecule has 0 saturated carbocycles. The van der Waals surface area contributed by atoms with E-state index in [1.54, 1.807) is 14.2 Å². The molecule has 0 fully saturated rings. The molecule has 0 aliphatic rings. The highest BCUT2D eigenvalue weighted by Crippen LogP contribution is 2.38. The summed E-state index contributed by atoms with van der Waals surface area (Å²) in [4.78, 5) is 4.51. The maximum absolute atomic E-state index is 5.40. The number of para-hydroxylation sites is 1. The fraction of sp³-hybridized carbons (Fsp3) is 0.0769. The van der Waals surface area contributed by atoms with Crippen LogP contribution in [0.1, 0.15) is 5.56 Å². The van der Waals surface area contributed by atoms with Gasteiger partial charge in [0.25, 0.3) is 0 Å². The van der Waals surface area contributed by atoms with Crippen molar-refractivity contribution in [3.63, 3.8) is 0 Å². The summed E-state index contributed by atoms with van der Waals surface area (Å²) in [5, 5.41) is 0. The second-order valence-electron chi connectivity index (χ2n) is 10.3. The SMILES string of the molecule is COc1ccc(N(c2ccccc2)c2ccc(-c3ccc(N(c4ccc(C)cc4)c4ccc(OC)cc4)cc3)cc2)cc1. The average molecular weight is 563 g/mol. The van der Waals surface area contributed by atoms with Gasteiger partial charge in [0.15, 0.2) is 0 Å². The molecular weight excluding hydrogens is 528 g/mol. The van der Waals surface area contributed by atoms with Crippen LogP contribution in [0.5, 0.6) is 11.5 Å². The van der Waals surface area contributed by atoms with Crippen LogP contribution in [0.3, 0.4) is 0 Å². The number of hydrogen-bond donors (Lipinski definition) is 0. The van der Waals surface area contributed by atoms with Gasteiger partial charge in [-0.3, -0.25) is 0 Å². The predicted octanol–water partition coefficient (Wildman–Crippen LogP) is 10.6. The molecule has 0 N–H and O–H groups in total. The molecule has 0 bridgehead atoms. The van der Waals surface area contributed by atoms with E-state index in [0.29, 0.717) is 0 Å². The second kappa shape index (κ2) is 12.6. The Bertz CT molecular complexity index is 1750. The van der Waals surface area contributed by atoms with E-state index in [-0.39, 0.29) is 0 Å². The predicted molar refractivity (Wildman–Crippen MR) is 179 cm³/mol. The van der Waals surface area contributed by atoms with Crippen LogP contribution in [-0.2, 0) is 0 Å². The first-order valence-electron chi connectivity index (χ1n) is 14.3. The summed E-state index contributed by atoms with van der Waals surface area (Å²) in [6, 6.07) is 52.8.